The van der Waals surface area contributed by atoms with Gasteiger partial charge in [-0.2, -0.15) is 0 Å². The lowest BCUT2D eigenvalue weighted by Crippen LogP contribution is -2.20. The van der Waals surface area contributed by atoms with E-state index in [9.17, 15) is 4.79 Å². The molecule has 0 radical (unpaired) electrons. The monoisotopic (exact) mass is 397 g/mol. The first-order chi connectivity index (χ1) is 13.4. The molecule has 0 unspecified atom stereocenters. The number of amides is 1. The summed E-state index contributed by atoms with van der Waals surface area (Å²) in [5.41, 5.74) is 4.80. The van der Waals surface area contributed by atoms with Crippen molar-refractivity contribution in [1.82, 2.24) is 9.97 Å². The van der Waals surface area contributed by atoms with Crippen LogP contribution in [0.1, 0.15) is 37.7 Å². The number of carbonyl (C=O) groups excluding carboxylic acids is 1. The molecule has 0 saturated carbocycles. The largest absolute Gasteiger partial charge is 0.322 e. The molecule has 1 aromatic heterocycles. The van der Waals surface area contributed by atoms with Crippen molar-refractivity contribution in [3.05, 3.63) is 69.5 Å². The highest BCUT2D eigenvalue weighted by Crippen LogP contribution is 2.25. The first-order valence-corrected chi connectivity index (χ1v) is 10.00. The van der Waals surface area contributed by atoms with Gasteiger partial charge in [-0.1, -0.05) is 31.2 Å². The zero-order valence-electron chi connectivity index (χ0n) is 17.0. The predicted molar refractivity (Wildman–Crippen MR) is 118 cm³/mol. The van der Waals surface area contributed by atoms with E-state index in [0.29, 0.717) is 16.6 Å². The van der Waals surface area contributed by atoms with Crippen LogP contribution in [0, 0.1) is 13.8 Å². The minimum atomic E-state index is -0.235. The molecule has 28 heavy (non-hydrogen) atoms. The first kappa shape index (κ1) is 21.7. The molecule has 1 heterocycles. The zero-order chi connectivity index (χ0) is 20.7. The highest BCUT2D eigenvalue weighted by Gasteiger charge is 2.19. The second kappa shape index (κ2) is 10.1. The van der Waals surface area contributed by atoms with Crippen molar-refractivity contribution < 1.29 is 4.79 Å². The number of nitrogens with two attached hydrogens (primary N) is 1. The van der Waals surface area contributed by atoms with Gasteiger partial charge in [0.1, 0.15) is 5.03 Å². The van der Waals surface area contributed by atoms with Gasteiger partial charge in [0, 0.05) is 17.1 Å². The molecule has 0 atom stereocenters. The third-order valence-electron chi connectivity index (χ3n) is 4.25. The van der Waals surface area contributed by atoms with Crippen molar-refractivity contribution in [2.24, 2.45) is 5.14 Å². The van der Waals surface area contributed by atoms with Gasteiger partial charge in [-0.05, 0) is 69.3 Å². The van der Waals surface area contributed by atoms with Gasteiger partial charge in [-0.25, -0.2) is 9.97 Å². The summed E-state index contributed by atoms with van der Waals surface area (Å²) in [6.45, 7) is 9.60. The number of hydrogen-bond donors (Lipinski definition) is 3. The number of anilines is 2. The fraction of sp³-hybridized carbons (Fsp3) is 0.286. The Bertz CT molecular complexity index is 901. The average Bonchev–Trinajstić information content (AvgIpc) is 2.66. The molecule has 0 bridgehead atoms. The van der Waals surface area contributed by atoms with Gasteiger partial charge in [0.2, 0.25) is 5.95 Å². The predicted octanol–water partition coefficient (Wildman–Crippen LogP) is 4.49. The van der Waals surface area contributed by atoms with Crippen molar-refractivity contribution in [2.45, 2.75) is 41.0 Å². The van der Waals surface area contributed by atoms with Crippen LogP contribution in [0.25, 0.3) is 0 Å². The molecule has 1 aromatic carbocycles. The van der Waals surface area contributed by atoms with E-state index in [1.807, 2.05) is 64.1 Å². The molecule has 7 heteroatoms. The molecule has 0 aliphatic carbocycles. The number of allylic oxidation sites excluding steroid dienone is 1. The van der Waals surface area contributed by atoms with Crippen molar-refractivity contribution in [1.29, 1.82) is 0 Å². The molecule has 0 aliphatic heterocycles. The highest BCUT2D eigenvalue weighted by atomic mass is 32.2. The number of benzene rings is 1. The highest BCUT2D eigenvalue weighted by molar-refractivity contribution is 8.01. The number of aryl methyl sites for hydroxylation is 3. The van der Waals surface area contributed by atoms with E-state index in [1.54, 1.807) is 0 Å². The van der Waals surface area contributed by atoms with E-state index >= 15 is 0 Å². The smallest absolute Gasteiger partial charge is 0.258 e. The number of aromatic nitrogens is 2. The number of nitrogens with one attached hydrogen (secondary N) is 2. The summed E-state index contributed by atoms with van der Waals surface area (Å²) >= 11 is 0.964. The molecular formula is C21H27N5OS. The fourth-order valence-electron chi connectivity index (χ4n) is 2.78. The number of para-hydroxylation sites is 1. The maximum Gasteiger partial charge on any atom is 0.258 e. The molecule has 0 spiro atoms. The normalized spacial score (nSPS) is 12.4. The molecule has 0 fully saturated rings. The molecule has 148 valence electrons. The molecule has 2 aromatic rings. The number of nitrogens with zero attached hydrogens (tertiary/aromatic N) is 2. The van der Waals surface area contributed by atoms with Crippen molar-refractivity contribution in [3.63, 3.8) is 0 Å². The van der Waals surface area contributed by atoms with E-state index < -0.39 is 0 Å². The molecule has 0 aliphatic rings. The van der Waals surface area contributed by atoms with Crippen LogP contribution in [0.15, 0.2) is 52.6 Å². The van der Waals surface area contributed by atoms with E-state index in [0.717, 1.165) is 46.6 Å². The average molecular weight is 398 g/mol. The summed E-state index contributed by atoms with van der Waals surface area (Å²) in [5.74, 6) is 0.176. The third-order valence-corrected chi connectivity index (χ3v) is 4.80. The quantitative estimate of drug-likeness (QED) is 0.362. The topological polar surface area (TPSA) is 92.9 Å². The van der Waals surface area contributed by atoms with Gasteiger partial charge < -0.3 is 10.6 Å². The maximum atomic E-state index is 13.1. The lowest BCUT2D eigenvalue weighted by molar-refractivity contribution is -0.112. The summed E-state index contributed by atoms with van der Waals surface area (Å²) in [7, 11) is 0. The Hall–Kier alpha value is -2.64. The molecule has 4 N–H and O–H groups in total. The molecule has 1 amide bonds. The van der Waals surface area contributed by atoms with Gasteiger partial charge in [0.05, 0.1) is 5.57 Å². The van der Waals surface area contributed by atoms with E-state index in [-0.39, 0.29) is 5.91 Å². The molecule has 6 nitrogen and oxygen atoms in total. The Labute approximate surface area is 170 Å². The lowest BCUT2D eigenvalue weighted by atomic mass is 10.1. The van der Waals surface area contributed by atoms with Crippen LogP contribution in [0.4, 0.5) is 11.6 Å². The minimum absolute atomic E-state index is 0.235. The molecule has 0 saturated heterocycles. The van der Waals surface area contributed by atoms with Crippen LogP contribution >= 0.6 is 11.9 Å². The van der Waals surface area contributed by atoms with Crippen molar-refractivity contribution >= 4 is 29.5 Å². The summed E-state index contributed by atoms with van der Waals surface area (Å²) < 4.78 is 0. The van der Waals surface area contributed by atoms with Gasteiger partial charge >= 0.3 is 0 Å². The Balaban J connectivity index is 2.45. The Morgan fingerprint density at radius 2 is 1.82 bits per heavy atom. The van der Waals surface area contributed by atoms with Crippen molar-refractivity contribution in [2.75, 3.05) is 10.6 Å². The van der Waals surface area contributed by atoms with Gasteiger partial charge in [0.15, 0.2) is 0 Å². The van der Waals surface area contributed by atoms with Gasteiger partial charge in [-0.15, -0.1) is 0 Å². The lowest BCUT2D eigenvalue weighted by Gasteiger charge is -2.17. The van der Waals surface area contributed by atoms with E-state index in [2.05, 4.69) is 27.5 Å². The van der Waals surface area contributed by atoms with Crippen LogP contribution in [-0.4, -0.2) is 15.9 Å². The number of carbonyl (C=O) groups is 1. The summed E-state index contributed by atoms with van der Waals surface area (Å²) in [6, 6.07) is 9.65. The Kier molecular flexibility index (Phi) is 7.78. The second-order valence-electron chi connectivity index (χ2n) is 6.36. The number of hydrogen-bond acceptors (Lipinski definition) is 6. The molecule has 2 rings (SSSR count). The van der Waals surface area contributed by atoms with Crippen LogP contribution in [0.2, 0.25) is 0 Å². The Morgan fingerprint density at radius 3 is 2.39 bits per heavy atom. The Morgan fingerprint density at radius 1 is 1.18 bits per heavy atom. The second-order valence-corrected chi connectivity index (χ2v) is 7.00. The minimum Gasteiger partial charge on any atom is -0.322 e. The fourth-order valence-corrected chi connectivity index (χ4v) is 3.30. The first-order valence-electron chi connectivity index (χ1n) is 9.12. The van der Waals surface area contributed by atoms with Crippen LogP contribution in [0.3, 0.4) is 0 Å². The SMILES string of the molecule is C/C=C(C)\C(C(=O)Nc1ccccc1CC)=C(\Nc1nc(C)cc(C)n1)SN. The number of rotatable bonds is 7. The van der Waals surface area contributed by atoms with Crippen LogP contribution in [0.5, 0.6) is 0 Å². The summed E-state index contributed by atoms with van der Waals surface area (Å²) in [4.78, 5) is 21.9. The summed E-state index contributed by atoms with van der Waals surface area (Å²) in [5, 5.41) is 12.5. The van der Waals surface area contributed by atoms with Gasteiger partial charge in [-0.3, -0.25) is 9.93 Å². The maximum absolute atomic E-state index is 13.1. The van der Waals surface area contributed by atoms with Gasteiger partial charge in [0.25, 0.3) is 5.91 Å². The standard InChI is InChI=1S/C21H27N5OS/c1-6-13(3)18(19(27)25-17-11-9-8-10-16(17)7-2)20(28-22)26-21-23-14(4)12-15(5)24-21/h6,8-12H,7,22H2,1-5H3,(H,25,27)(H,23,24,26)/b13-6-,20-18+. The summed E-state index contributed by atoms with van der Waals surface area (Å²) in [6.07, 6.45) is 2.70. The van der Waals surface area contributed by atoms with E-state index in [4.69, 9.17) is 5.14 Å². The molecular weight excluding hydrogens is 370 g/mol. The van der Waals surface area contributed by atoms with Crippen LogP contribution in [-0.2, 0) is 11.2 Å². The van der Waals surface area contributed by atoms with Crippen molar-refractivity contribution in [3.8, 4) is 0 Å². The van der Waals surface area contributed by atoms with Crippen LogP contribution < -0.4 is 15.8 Å². The van der Waals surface area contributed by atoms with E-state index in [1.165, 1.54) is 0 Å². The third kappa shape index (κ3) is 5.43. The zero-order valence-corrected chi connectivity index (χ0v) is 17.8.